The number of hydrogen-bond donors (Lipinski definition) is 0. The molecule has 1 fully saturated rings. The summed E-state index contributed by atoms with van der Waals surface area (Å²) in [7, 11) is 1.98. The van der Waals surface area contributed by atoms with Crippen LogP contribution in [-0.4, -0.2) is 52.1 Å². The highest BCUT2D eigenvalue weighted by atomic mass is 35.5. The maximum absolute atomic E-state index is 9.81. The lowest BCUT2D eigenvalue weighted by molar-refractivity contribution is 0.132. The molecule has 0 unspecified atom stereocenters. The molecule has 144 valence electrons. The van der Waals surface area contributed by atoms with Crippen molar-refractivity contribution in [2.24, 2.45) is 7.05 Å². The highest BCUT2D eigenvalue weighted by Gasteiger charge is 2.19. The molecule has 3 aromatic rings. The number of fused-ring (bicyclic) bond motifs is 1. The summed E-state index contributed by atoms with van der Waals surface area (Å²) in [5.41, 5.74) is 4.67. The third-order valence-corrected chi connectivity index (χ3v) is 5.90. The molecule has 0 aliphatic carbocycles. The highest BCUT2D eigenvalue weighted by molar-refractivity contribution is 6.31. The minimum atomic E-state index is 0.669. The molecule has 3 heterocycles. The minimum absolute atomic E-state index is 0.669. The Hall–Kier alpha value is -2.39. The van der Waals surface area contributed by atoms with Crippen LogP contribution in [0.1, 0.15) is 18.1 Å². The fourth-order valence-electron chi connectivity index (χ4n) is 4.09. The van der Waals surface area contributed by atoms with Gasteiger partial charge in [-0.15, -0.1) is 0 Å². The number of aromatic nitrogens is 2. The zero-order valence-electron chi connectivity index (χ0n) is 16.3. The number of hydrogen-bond acceptors (Lipinski definition) is 4. The molecule has 1 saturated heterocycles. The minimum Gasteiger partial charge on any atom is -0.342 e. The molecule has 4 rings (SSSR count). The molecule has 6 heteroatoms. The third-order valence-electron chi connectivity index (χ3n) is 5.66. The van der Waals surface area contributed by atoms with E-state index in [-0.39, 0.29) is 0 Å². The van der Waals surface area contributed by atoms with Crippen LogP contribution < -0.4 is 0 Å². The summed E-state index contributed by atoms with van der Waals surface area (Å²) in [6, 6.07) is 10.2. The maximum atomic E-state index is 9.81. The van der Waals surface area contributed by atoms with Gasteiger partial charge in [0.05, 0.1) is 16.8 Å². The van der Waals surface area contributed by atoms with Gasteiger partial charge < -0.3 is 9.47 Å². The van der Waals surface area contributed by atoms with E-state index in [0.717, 1.165) is 61.4 Å². The van der Waals surface area contributed by atoms with E-state index in [1.807, 2.05) is 42.2 Å². The van der Waals surface area contributed by atoms with Crippen molar-refractivity contribution in [1.29, 1.82) is 5.26 Å². The number of halogens is 1. The topological polar surface area (TPSA) is 48.1 Å². The lowest BCUT2D eigenvalue weighted by Gasteiger charge is -2.34. The van der Waals surface area contributed by atoms with E-state index in [4.69, 9.17) is 11.6 Å². The second kappa shape index (κ2) is 7.92. The Morgan fingerprint density at radius 2 is 1.86 bits per heavy atom. The maximum Gasteiger partial charge on any atom is 0.102 e. The fourth-order valence-corrected chi connectivity index (χ4v) is 4.25. The molecule has 28 heavy (non-hydrogen) atoms. The summed E-state index contributed by atoms with van der Waals surface area (Å²) in [6.07, 6.45) is 3.77. The third kappa shape index (κ3) is 3.51. The van der Waals surface area contributed by atoms with Crippen molar-refractivity contribution in [2.75, 3.05) is 32.7 Å². The Morgan fingerprint density at radius 1 is 1.11 bits per heavy atom. The number of rotatable bonds is 4. The van der Waals surface area contributed by atoms with Crippen LogP contribution in [0.4, 0.5) is 0 Å². The molecule has 1 aliphatic rings. The Bertz CT molecular complexity index is 1040. The van der Waals surface area contributed by atoms with Crippen LogP contribution in [0.2, 0.25) is 5.02 Å². The van der Waals surface area contributed by atoms with Crippen molar-refractivity contribution in [3.8, 4) is 17.3 Å². The van der Waals surface area contributed by atoms with Crippen LogP contribution in [0.5, 0.6) is 0 Å². The molecule has 0 atom stereocenters. The Labute approximate surface area is 170 Å². The van der Waals surface area contributed by atoms with Crippen molar-refractivity contribution in [3.05, 3.63) is 52.8 Å². The van der Waals surface area contributed by atoms with E-state index in [1.54, 1.807) is 0 Å². The molecule has 1 aliphatic heterocycles. The van der Waals surface area contributed by atoms with Crippen LogP contribution in [-0.2, 0) is 13.6 Å². The predicted molar refractivity (Wildman–Crippen MR) is 113 cm³/mol. The van der Waals surface area contributed by atoms with E-state index < -0.39 is 0 Å². The Balaban J connectivity index is 1.67. The van der Waals surface area contributed by atoms with Gasteiger partial charge in [-0.2, -0.15) is 5.26 Å². The first kappa shape index (κ1) is 18.9. The van der Waals surface area contributed by atoms with Crippen molar-refractivity contribution in [2.45, 2.75) is 13.5 Å². The average Bonchev–Trinajstić information content (AvgIpc) is 3.00. The van der Waals surface area contributed by atoms with Crippen molar-refractivity contribution < 1.29 is 0 Å². The van der Waals surface area contributed by atoms with Gasteiger partial charge in [-0.05, 0) is 36.4 Å². The van der Waals surface area contributed by atoms with Gasteiger partial charge >= 0.3 is 0 Å². The molecule has 0 radical (unpaired) electrons. The number of nitriles is 1. The molecule has 0 N–H and O–H groups in total. The normalized spacial score (nSPS) is 15.8. The molecule has 5 nitrogen and oxygen atoms in total. The second-order valence-electron chi connectivity index (χ2n) is 7.35. The Morgan fingerprint density at radius 3 is 2.57 bits per heavy atom. The van der Waals surface area contributed by atoms with Crippen molar-refractivity contribution >= 4 is 22.5 Å². The first-order chi connectivity index (χ1) is 13.6. The van der Waals surface area contributed by atoms with Gasteiger partial charge in [0, 0.05) is 68.1 Å². The average molecular weight is 394 g/mol. The SMILES string of the molecule is CCN1CCN(Cc2cncc(-c3c(C#N)c4ccc(Cl)cc4n3C)c2)CC1. The van der Waals surface area contributed by atoms with Crippen molar-refractivity contribution in [1.82, 2.24) is 19.4 Å². The summed E-state index contributed by atoms with van der Waals surface area (Å²) in [5, 5.41) is 11.4. The van der Waals surface area contributed by atoms with Crippen LogP contribution in [0, 0.1) is 11.3 Å². The zero-order valence-corrected chi connectivity index (χ0v) is 17.1. The monoisotopic (exact) mass is 393 g/mol. The van der Waals surface area contributed by atoms with E-state index in [9.17, 15) is 5.26 Å². The smallest absolute Gasteiger partial charge is 0.102 e. The molecule has 0 bridgehead atoms. The number of nitrogens with zero attached hydrogens (tertiary/aromatic N) is 5. The van der Waals surface area contributed by atoms with E-state index >= 15 is 0 Å². The first-order valence-corrected chi connectivity index (χ1v) is 10.1. The van der Waals surface area contributed by atoms with Gasteiger partial charge in [-0.3, -0.25) is 9.88 Å². The van der Waals surface area contributed by atoms with Gasteiger partial charge in [0.1, 0.15) is 6.07 Å². The molecular weight excluding hydrogens is 370 g/mol. The standard InChI is InChI=1S/C22H24ClN5/c1-3-27-6-8-28(9-7-27)15-16-10-17(14-25-13-16)22-20(12-24)19-5-4-18(23)11-21(19)26(22)2/h4-5,10-11,13-14H,3,6-9,15H2,1-2H3. The highest BCUT2D eigenvalue weighted by Crippen LogP contribution is 2.34. The van der Waals surface area contributed by atoms with Gasteiger partial charge in [-0.1, -0.05) is 18.5 Å². The lowest BCUT2D eigenvalue weighted by Crippen LogP contribution is -2.45. The van der Waals surface area contributed by atoms with E-state index in [0.29, 0.717) is 10.6 Å². The summed E-state index contributed by atoms with van der Waals surface area (Å²) >= 11 is 6.18. The molecular formula is C22H24ClN5. The molecule has 1 aromatic carbocycles. The van der Waals surface area contributed by atoms with Gasteiger partial charge in [-0.25, -0.2) is 0 Å². The van der Waals surface area contributed by atoms with E-state index in [1.165, 1.54) is 5.56 Å². The first-order valence-electron chi connectivity index (χ1n) is 9.67. The number of piperazine rings is 1. The van der Waals surface area contributed by atoms with Crippen LogP contribution in [0.15, 0.2) is 36.7 Å². The zero-order chi connectivity index (χ0) is 19.7. The Kier molecular flexibility index (Phi) is 5.36. The van der Waals surface area contributed by atoms with Crippen LogP contribution in [0.25, 0.3) is 22.2 Å². The van der Waals surface area contributed by atoms with E-state index in [2.05, 4.69) is 33.8 Å². The molecule has 2 aromatic heterocycles. The molecule has 0 saturated carbocycles. The van der Waals surface area contributed by atoms with Gasteiger partial charge in [0.15, 0.2) is 0 Å². The number of benzene rings is 1. The van der Waals surface area contributed by atoms with Gasteiger partial charge in [0.25, 0.3) is 0 Å². The summed E-state index contributed by atoms with van der Waals surface area (Å²) in [4.78, 5) is 9.42. The largest absolute Gasteiger partial charge is 0.342 e. The number of pyridine rings is 1. The van der Waals surface area contributed by atoms with Gasteiger partial charge in [0.2, 0.25) is 0 Å². The number of aryl methyl sites for hydroxylation is 1. The van der Waals surface area contributed by atoms with Crippen LogP contribution in [0.3, 0.4) is 0 Å². The summed E-state index contributed by atoms with van der Waals surface area (Å²) in [6.45, 7) is 8.61. The summed E-state index contributed by atoms with van der Waals surface area (Å²) in [5.74, 6) is 0. The quantitative estimate of drug-likeness (QED) is 0.674. The number of likely N-dealkylation sites (N-methyl/N-ethyl adjacent to an activating group) is 1. The second-order valence-corrected chi connectivity index (χ2v) is 7.78. The molecule has 0 spiro atoms. The fraction of sp³-hybridized carbons (Fsp3) is 0.364. The lowest BCUT2D eigenvalue weighted by atomic mass is 10.1. The van der Waals surface area contributed by atoms with Crippen molar-refractivity contribution in [3.63, 3.8) is 0 Å². The predicted octanol–water partition coefficient (Wildman–Crippen LogP) is 3.90. The summed E-state index contributed by atoms with van der Waals surface area (Å²) < 4.78 is 2.04. The van der Waals surface area contributed by atoms with Crippen LogP contribution >= 0.6 is 11.6 Å². The molecule has 0 amide bonds.